The first-order chi connectivity index (χ1) is 13.4. The van der Waals surface area contributed by atoms with E-state index in [0.29, 0.717) is 31.9 Å². The van der Waals surface area contributed by atoms with Gasteiger partial charge >= 0.3 is 0 Å². The highest BCUT2D eigenvalue weighted by atomic mass is 19.3. The first kappa shape index (κ1) is 19.1. The van der Waals surface area contributed by atoms with Gasteiger partial charge < -0.3 is 15.4 Å². The summed E-state index contributed by atoms with van der Waals surface area (Å²) in [6, 6.07) is 6.60. The maximum atomic E-state index is 14.0. The molecule has 7 nitrogen and oxygen atoms in total. The Balaban J connectivity index is 1.52. The number of fused-ring (bicyclic) bond motifs is 1. The van der Waals surface area contributed by atoms with Crippen molar-refractivity contribution >= 4 is 11.2 Å². The number of likely N-dealkylation sites (tertiary alicyclic amines) is 1. The fraction of sp³-hybridized carbons (Fsp3) is 0.579. The molecule has 0 spiro atoms. The van der Waals surface area contributed by atoms with Crippen LogP contribution < -0.4 is 10.6 Å². The number of nitriles is 1. The molecule has 2 aliphatic heterocycles. The molecule has 0 amide bonds. The molecule has 0 saturated carbocycles. The quantitative estimate of drug-likeness (QED) is 0.855. The Morgan fingerprint density at radius 3 is 2.93 bits per heavy atom. The molecular formula is C19H24F2N6O. The van der Waals surface area contributed by atoms with Gasteiger partial charge in [0.1, 0.15) is 11.8 Å². The summed E-state index contributed by atoms with van der Waals surface area (Å²) in [5, 5.41) is 13.5. The Kier molecular flexibility index (Phi) is 4.95. The van der Waals surface area contributed by atoms with Gasteiger partial charge in [0, 0.05) is 26.2 Å². The number of rotatable bonds is 3. The molecule has 0 bridgehead atoms. The molecular weight excluding hydrogens is 366 g/mol. The van der Waals surface area contributed by atoms with E-state index in [1.165, 1.54) is 0 Å². The minimum Gasteiger partial charge on any atom is -0.370 e. The molecule has 2 aromatic heterocycles. The fourth-order valence-electron chi connectivity index (χ4n) is 4.17. The second-order valence-electron chi connectivity index (χ2n) is 7.71. The predicted octanol–water partition coefficient (Wildman–Crippen LogP) is 1.47. The number of piperidine rings is 1. The summed E-state index contributed by atoms with van der Waals surface area (Å²) in [6.07, 6.45) is 1.72. The van der Waals surface area contributed by atoms with Crippen molar-refractivity contribution in [1.82, 2.24) is 14.5 Å². The standard InChI is InChI=1S/C19H24F2N6O/c1-13-9-26(16-3-2-14(8-22)27-17(16)4-6-24-27)11-15(28-13)10-25-7-5-18(23)19(20,21)12-25/h2-4,6,13,15,18H,5,7,9-12,23H2,1H3/t13-,15+,18?/m1/s1. The largest absolute Gasteiger partial charge is 0.370 e. The number of hydrogen-bond acceptors (Lipinski definition) is 6. The molecule has 4 rings (SSSR count). The van der Waals surface area contributed by atoms with Crippen molar-refractivity contribution in [2.24, 2.45) is 5.73 Å². The maximum absolute atomic E-state index is 14.0. The van der Waals surface area contributed by atoms with Crippen LogP contribution in [0.3, 0.4) is 0 Å². The Labute approximate surface area is 162 Å². The van der Waals surface area contributed by atoms with Crippen molar-refractivity contribution in [3.8, 4) is 6.07 Å². The molecule has 4 heterocycles. The van der Waals surface area contributed by atoms with Crippen LogP contribution in [0.1, 0.15) is 19.0 Å². The lowest BCUT2D eigenvalue weighted by Gasteiger charge is -2.42. The first-order valence-corrected chi connectivity index (χ1v) is 9.50. The van der Waals surface area contributed by atoms with Crippen molar-refractivity contribution in [3.63, 3.8) is 0 Å². The van der Waals surface area contributed by atoms with E-state index < -0.39 is 12.0 Å². The molecule has 9 heteroatoms. The number of nitrogens with zero attached hydrogens (tertiary/aromatic N) is 5. The predicted molar refractivity (Wildman–Crippen MR) is 100 cm³/mol. The highest BCUT2D eigenvalue weighted by molar-refractivity contribution is 5.74. The van der Waals surface area contributed by atoms with Crippen LogP contribution in [0.25, 0.3) is 5.52 Å². The van der Waals surface area contributed by atoms with Crippen LogP contribution in [0.4, 0.5) is 14.5 Å². The van der Waals surface area contributed by atoms with Gasteiger partial charge in [-0.15, -0.1) is 0 Å². The van der Waals surface area contributed by atoms with Gasteiger partial charge in [-0.3, -0.25) is 4.90 Å². The second kappa shape index (κ2) is 7.28. The number of morpholine rings is 1. The molecule has 28 heavy (non-hydrogen) atoms. The first-order valence-electron chi connectivity index (χ1n) is 9.50. The van der Waals surface area contributed by atoms with E-state index in [1.807, 2.05) is 19.1 Å². The van der Waals surface area contributed by atoms with Crippen molar-refractivity contribution in [2.45, 2.75) is 37.5 Å². The SMILES string of the molecule is C[C@@H]1CN(c2ccc(C#N)n3nccc23)C[C@H](CN2CCC(N)C(F)(F)C2)O1. The lowest BCUT2D eigenvalue weighted by atomic mass is 10.0. The summed E-state index contributed by atoms with van der Waals surface area (Å²) in [5.41, 5.74) is 7.82. The lowest BCUT2D eigenvalue weighted by molar-refractivity contribution is -0.0979. The van der Waals surface area contributed by atoms with Crippen molar-refractivity contribution < 1.29 is 13.5 Å². The molecule has 3 atom stereocenters. The Bertz CT molecular complexity index is 894. The summed E-state index contributed by atoms with van der Waals surface area (Å²) in [6.45, 7) is 3.92. The third-order valence-corrected chi connectivity index (χ3v) is 5.51. The van der Waals surface area contributed by atoms with E-state index in [2.05, 4.69) is 16.1 Å². The molecule has 2 N–H and O–H groups in total. The third kappa shape index (κ3) is 3.55. The lowest BCUT2D eigenvalue weighted by Crippen LogP contribution is -2.58. The minimum atomic E-state index is -2.87. The number of hydrogen-bond donors (Lipinski definition) is 1. The van der Waals surface area contributed by atoms with Crippen LogP contribution in [0.15, 0.2) is 24.4 Å². The molecule has 0 aromatic carbocycles. The highest BCUT2D eigenvalue weighted by Crippen LogP contribution is 2.29. The summed E-state index contributed by atoms with van der Waals surface area (Å²) in [4.78, 5) is 3.93. The Hall–Kier alpha value is -2.28. The van der Waals surface area contributed by atoms with Crippen LogP contribution >= 0.6 is 0 Å². The second-order valence-corrected chi connectivity index (χ2v) is 7.71. The number of anilines is 1. The van der Waals surface area contributed by atoms with Crippen LogP contribution in [-0.4, -0.2) is 71.4 Å². The van der Waals surface area contributed by atoms with E-state index in [0.717, 1.165) is 11.2 Å². The van der Waals surface area contributed by atoms with Gasteiger partial charge in [-0.1, -0.05) is 0 Å². The molecule has 0 aliphatic carbocycles. The molecule has 2 saturated heterocycles. The molecule has 150 valence electrons. The van der Waals surface area contributed by atoms with Gasteiger partial charge in [-0.25, -0.2) is 13.3 Å². The maximum Gasteiger partial charge on any atom is 0.275 e. The zero-order valence-electron chi connectivity index (χ0n) is 15.8. The number of halogens is 2. The fourth-order valence-corrected chi connectivity index (χ4v) is 4.17. The van der Waals surface area contributed by atoms with Crippen LogP contribution in [0.2, 0.25) is 0 Å². The van der Waals surface area contributed by atoms with E-state index in [9.17, 15) is 14.0 Å². The number of nitrogens with two attached hydrogens (primary N) is 1. The van der Waals surface area contributed by atoms with E-state index in [1.54, 1.807) is 21.7 Å². The third-order valence-electron chi connectivity index (χ3n) is 5.51. The number of alkyl halides is 2. The number of pyridine rings is 1. The van der Waals surface area contributed by atoms with Crippen LogP contribution in [0.5, 0.6) is 0 Å². The zero-order chi connectivity index (χ0) is 19.9. The average molecular weight is 390 g/mol. The highest BCUT2D eigenvalue weighted by Gasteiger charge is 2.43. The molecule has 2 fully saturated rings. The minimum absolute atomic E-state index is 0.0371. The van der Waals surface area contributed by atoms with Gasteiger partial charge in [0.05, 0.1) is 42.2 Å². The topological polar surface area (TPSA) is 82.8 Å². The van der Waals surface area contributed by atoms with Crippen molar-refractivity contribution in [2.75, 3.05) is 37.6 Å². The van der Waals surface area contributed by atoms with Gasteiger partial charge in [-0.2, -0.15) is 10.4 Å². The van der Waals surface area contributed by atoms with Gasteiger partial charge in [0.15, 0.2) is 0 Å². The summed E-state index contributed by atoms with van der Waals surface area (Å²) in [7, 11) is 0. The molecule has 2 aliphatic rings. The van der Waals surface area contributed by atoms with Crippen LogP contribution in [0, 0.1) is 11.3 Å². The number of ether oxygens (including phenoxy) is 1. The number of aromatic nitrogens is 2. The summed E-state index contributed by atoms with van der Waals surface area (Å²) in [5.74, 6) is -2.87. The Morgan fingerprint density at radius 2 is 2.18 bits per heavy atom. The summed E-state index contributed by atoms with van der Waals surface area (Å²) < 4.78 is 35.6. The smallest absolute Gasteiger partial charge is 0.275 e. The zero-order valence-corrected chi connectivity index (χ0v) is 15.8. The molecule has 2 aromatic rings. The van der Waals surface area contributed by atoms with Gasteiger partial charge in [0.25, 0.3) is 5.92 Å². The van der Waals surface area contributed by atoms with Gasteiger partial charge in [-0.05, 0) is 31.5 Å². The summed E-state index contributed by atoms with van der Waals surface area (Å²) >= 11 is 0. The average Bonchev–Trinajstić information content (AvgIpc) is 3.13. The molecule has 1 unspecified atom stereocenters. The van der Waals surface area contributed by atoms with E-state index in [4.69, 9.17) is 10.5 Å². The van der Waals surface area contributed by atoms with E-state index >= 15 is 0 Å². The normalized spacial score (nSPS) is 28.4. The van der Waals surface area contributed by atoms with Crippen molar-refractivity contribution in [3.05, 3.63) is 30.1 Å². The van der Waals surface area contributed by atoms with Gasteiger partial charge in [0.2, 0.25) is 0 Å². The van der Waals surface area contributed by atoms with E-state index in [-0.39, 0.29) is 25.2 Å². The van der Waals surface area contributed by atoms with Crippen molar-refractivity contribution in [1.29, 1.82) is 5.26 Å². The monoisotopic (exact) mass is 390 g/mol. The van der Waals surface area contributed by atoms with Crippen LogP contribution in [-0.2, 0) is 4.74 Å². The molecule has 0 radical (unpaired) electrons. The Morgan fingerprint density at radius 1 is 1.36 bits per heavy atom.